The second-order valence-corrected chi connectivity index (χ2v) is 9.24. The molecule has 0 saturated carbocycles. The Morgan fingerprint density at radius 3 is 2.87 bits per heavy atom. The van der Waals surface area contributed by atoms with Gasteiger partial charge in [0.2, 0.25) is 5.88 Å². The number of rotatable bonds is 7. The molecule has 3 rings (SSSR count). The predicted molar refractivity (Wildman–Crippen MR) is 116 cm³/mol. The van der Waals surface area contributed by atoms with Gasteiger partial charge in [-0.05, 0) is 42.4 Å². The second-order valence-electron chi connectivity index (χ2n) is 9.24. The quantitative estimate of drug-likeness (QED) is 0.677. The van der Waals surface area contributed by atoms with E-state index in [2.05, 4.69) is 38.8 Å². The lowest BCUT2D eigenvalue weighted by atomic mass is 9.97. The average Bonchev–Trinajstić information content (AvgIpc) is 2.69. The van der Waals surface area contributed by atoms with Gasteiger partial charge in [-0.15, -0.1) is 0 Å². The van der Waals surface area contributed by atoms with Crippen molar-refractivity contribution < 1.29 is 18.9 Å². The molecule has 1 aromatic rings. The molecular formula is C23H34N2O5. The van der Waals surface area contributed by atoms with Gasteiger partial charge in [0.05, 0.1) is 38.7 Å². The lowest BCUT2D eigenvalue weighted by Crippen LogP contribution is -2.34. The number of hydrogen-bond acceptors (Lipinski definition) is 6. The number of allylic oxidation sites excluding steroid dienone is 3. The van der Waals surface area contributed by atoms with Crippen LogP contribution in [0.4, 0.5) is 0 Å². The summed E-state index contributed by atoms with van der Waals surface area (Å²) in [7, 11) is 0. The van der Waals surface area contributed by atoms with E-state index in [1.165, 1.54) is 11.1 Å². The Morgan fingerprint density at radius 2 is 2.17 bits per heavy atom. The van der Waals surface area contributed by atoms with Crippen molar-refractivity contribution in [1.29, 1.82) is 0 Å². The van der Waals surface area contributed by atoms with E-state index in [9.17, 15) is 4.79 Å². The Balaban J connectivity index is 1.72. The minimum atomic E-state index is -0.282. The maximum absolute atomic E-state index is 12.5. The van der Waals surface area contributed by atoms with Crippen LogP contribution >= 0.6 is 0 Å². The molecule has 7 nitrogen and oxygen atoms in total. The van der Waals surface area contributed by atoms with Gasteiger partial charge in [0.1, 0.15) is 12.7 Å². The van der Waals surface area contributed by atoms with Crippen LogP contribution in [0.15, 0.2) is 28.1 Å². The highest BCUT2D eigenvalue weighted by molar-refractivity contribution is 5.69. The Bertz CT molecular complexity index is 857. The molecule has 1 aromatic heterocycles. The molecule has 0 amide bonds. The third kappa shape index (κ3) is 6.27. The van der Waals surface area contributed by atoms with Crippen molar-refractivity contribution >= 4 is 5.57 Å². The van der Waals surface area contributed by atoms with Gasteiger partial charge in [-0.2, -0.15) is 4.98 Å². The Morgan fingerprint density at radius 1 is 1.37 bits per heavy atom. The molecule has 0 aromatic carbocycles. The molecule has 0 bridgehead atoms. The summed E-state index contributed by atoms with van der Waals surface area (Å²) in [5.74, 6) is 0.329. The van der Waals surface area contributed by atoms with Gasteiger partial charge in [-0.3, -0.25) is 4.57 Å². The number of fused-ring (bicyclic) bond motifs is 1. The molecule has 7 heteroatoms. The number of ether oxygens (including phenoxy) is 4. The summed E-state index contributed by atoms with van der Waals surface area (Å²) in [6.45, 7) is 14.5. The molecule has 166 valence electrons. The summed E-state index contributed by atoms with van der Waals surface area (Å²) in [4.78, 5) is 16.6. The number of nitrogens with zero attached hydrogens (tertiary/aromatic N) is 2. The first-order chi connectivity index (χ1) is 14.2. The molecule has 1 saturated heterocycles. The largest absolute Gasteiger partial charge is 0.475 e. The van der Waals surface area contributed by atoms with Crippen LogP contribution < -0.4 is 10.4 Å². The van der Waals surface area contributed by atoms with Crippen molar-refractivity contribution in [3.05, 3.63) is 39.5 Å². The molecule has 2 aliphatic rings. The molecule has 2 aliphatic heterocycles. The molecular weight excluding hydrogens is 384 g/mol. The van der Waals surface area contributed by atoms with E-state index in [1.807, 2.05) is 13.0 Å². The van der Waals surface area contributed by atoms with Crippen LogP contribution in [0.1, 0.15) is 46.7 Å². The first-order valence-electron chi connectivity index (χ1n) is 10.6. The third-order valence-corrected chi connectivity index (χ3v) is 5.05. The minimum Gasteiger partial charge on any atom is -0.475 e. The molecule has 0 radical (unpaired) electrons. The number of hydrogen-bond donors (Lipinski definition) is 0. The van der Waals surface area contributed by atoms with E-state index >= 15 is 0 Å². The predicted octanol–water partition coefficient (Wildman–Crippen LogP) is 3.22. The van der Waals surface area contributed by atoms with E-state index in [1.54, 1.807) is 4.57 Å². The van der Waals surface area contributed by atoms with Gasteiger partial charge in [0.15, 0.2) is 0 Å². The summed E-state index contributed by atoms with van der Waals surface area (Å²) in [5.41, 5.74) is 4.18. The van der Waals surface area contributed by atoms with Gasteiger partial charge in [-0.1, -0.05) is 26.8 Å². The van der Waals surface area contributed by atoms with Crippen LogP contribution in [0.25, 0.3) is 5.57 Å². The van der Waals surface area contributed by atoms with E-state index in [0.717, 1.165) is 24.3 Å². The standard InChI is InChI=1S/C23H34N2O5/c1-16(12-28-15-23(3,4)5)10-18-6-7-25-20(17(18)2)11-21(24-22(25)26)30-14-19-13-27-8-9-29-19/h10-11,19H,6-9,12-15H2,1-5H3/b16-10+/t19-/m0/s1. The summed E-state index contributed by atoms with van der Waals surface area (Å²) in [6, 6.07) is 1.85. The average molecular weight is 419 g/mol. The van der Waals surface area contributed by atoms with Crippen molar-refractivity contribution in [2.24, 2.45) is 5.41 Å². The molecule has 3 heterocycles. The maximum atomic E-state index is 12.5. The Labute approximate surface area is 178 Å². The first-order valence-corrected chi connectivity index (χ1v) is 10.6. The van der Waals surface area contributed by atoms with Gasteiger partial charge < -0.3 is 18.9 Å². The lowest BCUT2D eigenvalue weighted by molar-refractivity contribution is -0.102. The summed E-state index contributed by atoms with van der Waals surface area (Å²) < 4.78 is 24.3. The van der Waals surface area contributed by atoms with E-state index in [-0.39, 0.29) is 17.2 Å². The van der Waals surface area contributed by atoms with Gasteiger partial charge in [0, 0.05) is 12.6 Å². The second kappa shape index (κ2) is 9.90. The Hall–Kier alpha value is -1.96. The highest BCUT2D eigenvalue weighted by atomic mass is 16.6. The first kappa shape index (κ1) is 22.7. The fourth-order valence-electron chi connectivity index (χ4n) is 3.52. The fourth-order valence-corrected chi connectivity index (χ4v) is 3.52. The molecule has 1 atom stereocenters. The van der Waals surface area contributed by atoms with Crippen LogP contribution in [0.2, 0.25) is 0 Å². The van der Waals surface area contributed by atoms with Gasteiger partial charge in [0.25, 0.3) is 0 Å². The normalized spacial score (nSPS) is 20.3. The van der Waals surface area contributed by atoms with Crippen LogP contribution in [0, 0.1) is 5.41 Å². The van der Waals surface area contributed by atoms with Gasteiger partial charge in [-0.25, -0.2) is 4.79 Å². The van der Waals surface area contributed by atoms with Crippen LogP contribution in [-0.4, -0.2) is 55.3 Å². The fraction of sp³-hybridized carbons (Fsp3) is 0.652. The lowest BCUT2D eigenvalue weighted by Gasteiger charge is -2.24. The van der Waals surface area contributed by atoms with E-state index < -0.39 is 0 Å². The molecule has 1 fully saturated rings. The SMILES string of the molecule is CC1=C(/C=C(\C)COCC(C)(C)C)CCn2c1cc(OC[C@@H]1COCCO1)nc2=O. The number of aromatic nitrogens is 2. The summed E-state index contributed by atoms with van der Waals surface area (Å²) in [6.07, 6.45) is 2.84. The zero-order valence-corrected chi connectivity index (χ0v) is 18.8. The van der Waals surface area contributed by atoms with Crippen molar-refractivity contribution in [3.8, 4) is 5.88 Å². The third-order valence-electron chi connectivity index (χ3n) is 5.05. The zero-order valence-electron chi connectivity index (χ0n) is 18.8. The van der Waals surface area contributed by atoms with Crippen LogP contribution in [0.3, 0.4) is 0 Å². The summed E-state index contributed by atoms with van der Waals surface area (Å²) >= 11 is 0. The summed E-state index contributed by atoms with van der Waals surface area (Å²) in [5, 5.41) is 0. The van der Waals surface area contributed by atoms with E-state index in [0.29, 0.717) is 45.5 Å². The van der Waals surface area contributed by atoms with Gasteiger partial charge >= 0.3 is 5.69 Å². The minimum absolute atomic E-state index is 0.134. The van der Waals surface area contributed by atoms with Crippen molar-refractivity contribution in [1.82, 2.24) is 9.55 Å². The maximum Gasteiger partial charge on any atom is 0.351 e. The highest BCUT2D eigenvalue weighted by Gasteiger charge is 2.20. The molecule has 0 N–H and O–H groups in total. The monoisotopic (exact) mass is 418 g/mol. The van der Waals surface area contributed by atoms with E-state index in [4.69, 9.17) is 18.9 Å². The highest BCUT2D eigenvalue weighted by Crippen LogP contribution is 2.28. The molecule has 0 unspecified atom stereocenters. The molecule has 0 aliphatic carbocycles. The van der Waals surface area contributed by atoms with Crippen molar-refractivity contribution in [2.45, 2.75) is 53.7 Å². The van der Waals surface area contributed by atoms with Crippen molar-refractivity contribution in [2.75, 3.05) is 39.6 Å². The molecule has 30 heavy (non-hydrogen) atoms. The Kier molecular flexibility index (Phi) is 7.50. The zero-order chi connectivity index (χ0) is 21.7. The van der Waals surface area contributed by atoms with Crippen molar-refractivity contribution in [3.63, 3.8) is 0 Å². The van der Waals surface area contributed by atoms with Crippen LogP contribution in [-0.2, 0) is 20.8 Å². The molecule has 0 spiro atoms. The topological polar surface area (TPSA) is 71.8 Å². The smallest absolute Gasteiger partial charge is 0.351 e. The van der Waals surface area contributed by atoms with Crippen LogP contribution in [0.5, 0.6) is 5.88 Å².